The Labute approximate surface area is 118 Å². The second-order valence-electron chi connectivity index (χ2n) is 5.76. The van der Waals surface area contributed by atoms with Gasteiger partial charge in [-0.15, -0.1) is 0 Å². The quantitative estimate of drug-likeness (QED) is 0.281. The zero-order valence-electron chi connectivity index (χ0n) is 11.8. The fraction of sp³-hybridized carbons (Fsp3) is 0.846. The van der Waals surface area contributed by atoms with Crippen LogP contribution in [0.2, 0.25) is 0 Å². The third-order valence-corrected chi connectivity index (χ3v) is 4.56. The van der Waals surface area contributed by atoms with Gasteiger partial charge in [0.2, 0.25) is 5.91 Å². The standard InChI is InChI=1S/C13H23N3O4/c1-9-2-5-16(8-10(9)17)12(18)13(11(14)15-19)3-6-20-7-4-13/h9-10,17,19H,2-8H2,1H3,(H2,14,15). The summed E-state index contributed by atoms with van der Waals surface area (Å²) in [5.74, 6) is -0.0329. The highest BCUT2D eigenvalue weighted by Crippen LogP contribution is 2.34. The molecule has 2 heterocycles. The van der Waals surface area contributed by atoms with Crippen LogP contribution < -0.4 is 5.73 Å². The second-order valence-corrected chi connectivity index (χ2v) is 5.76. The summed E-state index contributed by atoms with van der Waals surface area (Å²) in [6.07, 6.45) is 1.06. The van der Waals surface area contributed by atoms with Crippen molar-refractivity contribution in [1.82, 2.24) is 4.90 Å². The number of aliphatic hydroxyl groups is 1. The monoisotopic (exact) mass is 285 g/mol. The van der Waals surface area contributed by atoms with Crippen LogP contribution in [0.5, 0.6) is 0 Å². The van der Waals surface area contributed by atoms with Crippen molar-refractivity contribution in [2.45, 2.75) is 32.3 Å². The average Bonchev–Trinajstić information content (AvgIpc) is 2.49. The molecule has 7 nitrogen and oxygen atoms in total. The van der Waals surface area contributed by atoms with Gasteiger partial charge in [-0.3, -0.25) is 4.79 Å². The Bertz CT molecular complexity index is 393. The number of hydrogen-bond donors (Lipinski definition) is 3. The first-order chi connectivity index (χ1) is 9.51. The number of amidine groups is 1. The molecule has 0 saturated carbocycles. The minimum Gasteiger partial charge on any atom is -0.409 e. The van der Waals surface area contributed by atoms with Crippen LogP contribution in [0, 0.1) is 11.3 Å². The minimum absolute atomic E-state index is 0.0566. The number of piperidine rings is 1. The van der Waals surface area contributed by atoms with Gasteiger partial charge in [0, 0.05) is 26.3 Å². The first-order valence-corrected chi connectivity index (χ1v) is 7.04. The summed E-state index contributed by atoms with van der Waals surface area (Å²) in [6, 6.07) is 0. The largest absolute Gasteiger partial charge is 0.409 e. The summed E-state index contributed by atoms with van der Waals surface area (Å²) in [7, 11) is 0. The minimum atomic E-state index is -0.993. The van der Waals surface area contributed by atoms with E-state index in [1.54, 1.807) is 4.90 Å². The summed E-state index contributed by atoms with van der Waals surface area (Å²) in [5, 5.41) is 22.0. The van der Waals surface area contributed by atoms with Gasteiger partial charge in [-0.1, -0.05) is 12.1 Å². The van der Waals surface area contributed by atoms with Crippen LogP contribution in [0.1, 0.15) is 26.2 Å². The van der Waals surface area contributed by atoms with E-state index in [2.05, 4.69) is 5.16 Å². The number of carbonyl (C=O) groups excluding carboxylic acids is 1. The van der Waals surface area contributed by atoms with Crippen LogP contribution in [0.3, 0.4) is 0 Å². The number of amides is 1. The van der Waals surface area contributed by atoms with Crippen molar-refractivity contribution in [1.29, 1.82) is 0 Å². The van der Waals surface area contributed by atoms with E-state index in [-0.39, 0.29) is 17.7 Å². The molecule has 4 N–H and O–H groups in total. The topological polar surface area (TPSA) is 108 Å². The maximum Gasteiger partial charge on any atom is 0.236 e. The first kappa shape index (κ1) is 15.1. The Kier molecular flexibility index (Phi) is 4.49. The number of rotatable bonds is 2. The Morgan fingerprint density at radius 3 is 2.65 bits per heavy atom. The Morgan fingerprint density at radius 2 is 2.10 bits per heavy atom. The number of ether oxygens (including phenoxy) is 1. The van der Waals surface area contributed by atoms with Crippen molar-refractivity contribution in [3.05, 3.63) is 0 Å². The molecule has 2 rings (SSSR count). The van der Waals surface area contributed by atoms with E-state index in [9.17, 15) is 9.90 Å². The van der Waals surface area contributed by atoms with Gasteiger partial charge < -0.3 is 25.7 Å². The molecule has 114 valence electrons. The lowest BCUT2D eigenvalue weighted by molar-refractivity contribution is -0.147. The molecular weight excluding hydrogens is 262 g/mol. The van der Waals surface area contributed by atoms with Crippen LogP contribution in [-0.4, -0.2) is 59.4 Å². The fourth-order valence-electron chi connectivity index (χ4n) is 2.93. The summed E-state index contributed by atoms with van der Waals surface area (Å²) < 4.78 is 5.28. The average molecular weight is 285 g/mol. The molecular formula is C13H23N3O4. The third-order valence-electron chi connectivity index (χ3n) is 4.56. The SMILES string of the molecule is CC1CCN(C(=O)C2(C(N)=NO)CCOCC2)CC1O. The number of nitrogens with two attached hydrogens (primary N) is 1. The molecule has 0 bridgehead atoms. The highest BCUT2D eigenvalue weighted by molar-refractivity contribution is 6.06. The van der Waals surface area contributed by atoms with E-state index in [0.29, 0.717) is 39.1 Å². The Balaban J connectivity index is 2.19. The lowest BCUT2D eigenvalue weighted by Crippen LogP contribution is -2.57. The van der Waals surface area contributed by atoms with Crippen molar-refractivity contribution < 1.29 is 19.8 Å². The second kappa shape index (κ2) is 5.97. The van der Waals surface area contributed by atoms with Gasteiger partial charge in [0.25, 0.3) is 0 Å². The van der Waals surface area contributed by atoms with E-state index in [0.717, 1.165) is 6.42 Å². The molecule has 0 aromatic rings. The molecule has 0 aromatic heterocycles. The molecule has 7 heteroatoms. The van der Waals surface area contributed by atoms with E-state index >= 15 is 0 Å². The number of carbonyl (C=O) groups is 1. The van der Waals surface area contributed by atoms with Crippen LogP contribution in [0.25, 0.3) is 0 Å². The van der Waals surface area contributed by atoms with Crippen molar-refractivity contribution in [3.8, 4) is 0 Å². The van der Waals surface area contributed by atoms with Crippen molar-refractivity contribution in [2.24, 2.45) is 22.2 Å². The lowest BCUT2D eigenvalue weighted by atomic mass is 9.77. The van der Waals surface area contributed by atoms with Crippen LogP contribution in [0.15, 0.2) is 5.16 Å². The maximum atomic E-state index is 12.8. The highest BCUT2D eigenvalue weighted by Gasteiger charge is 2.47. The number of hydrogen-bond acceptors (Lipinski definition) is 5. The van der Waals surface area contributed by atoms with E-state index in [4.69, 9.17) is 15.7 Å². The van der Waals surface area contributed by atoms with Gasteiger partial charge in [-0.25, -0.2) is 0 Å². The molecule has 2 aliphatic heterocycles. The van der Waals surface area contributed by atoms with Gasteiger partial charge in [0.1, 0.15) is 5.41 Å². The van der Waals surface area contributed by atoms with Crippen molar-refractivity contribution >= 4 is 11.7 Å². The summed E-state index contributed by atoms with van der Waals surface area (Å²) in [6.45, 7) is 3.70. The van der Waals surface area contributed by atoms with Crippen molar-refractivity contribution in [2.75, 3.05) is 26.3 Å². The predicted molar refractivity (Wildman–Crippen MR) is 72.3 cm³/mol. The number of β-amino-alcohol motifs (C(OH)–C–C–N with tert-alkyl or cyclic N) is 1. The van der Waals surface area contributed by atoms with Gasteiger partial charge in [-0.2, -0.15) is 0 Å². The highest BCUT2D eigenvalue weighted by atomic mass is 16.5. The predicted octanol–water partition coefficient (Wildman–Crippen LogP) is -0.241. The number of aliphatic hydroxyl groups excluding tert-OH is 1. The zero-order valence-corrected chi connectivity index (χ0v) is 11.8. The fourth-order valence-corrected chi connectivity index (χ4v) is 2.93. The van der Waals surface area contributed by atoms with E-state index < -0.39 is 11.5 Å². The van der Waals surface area contributed by atoms with Crippen LogP contribution in [-0.2, 0) is 9.53 Å². The molecule has 2 fully saturated rings. The molecule has 2 saturated heterocycles. The van der Waals surface area contributed by atoms with E-state index in [1.807, 2.05) is 6.92 Å². The molecule has 2 unspecified atom stereocenters. The molecule has 1 amide bonds. The molecule has 2 atom stereocenters. The molecule has 0 radical (unpaired) electrons. The summed E-state index contributed by atoms with van der Waals surface area (Å²) >= 11 is 0. The molecule has 0 aromatic carbocycles. The number of likely N-dealkylation sites (tertiary alicyclic amines) is 1. The lowest BCUT2D eigenvalue weighted by Gasteiger charge is -2.42. The van der Waals surface area contributed by atoms with Crippen LogP contribution >= 0.6 is 0 Å². The van der Waals surface area contributed by atoms with Gasteiger partial charge in [-0.05, 0) is 25.2 Å². The number of oxime groups is 1. The van der Waals surface area contributed by atoms with Gasteiger partial charge >= 0.3 is 0 Å². The van der Waals surface area contributed by atoms with Gasteiger partial charge in [0.15, 0.2) is 5.84 Å². The Morgan fingerprint density at radius 1 is 1.45 bits per heavy atom. The normalized spacial score (nSPS) is 31.1. The maximum absolute atomic E-state index is 12.8. The molecule has 20 heavy (non-hydrogen) atoms. The smallest absolute Gasteiger partial charge is 0.236 e. The van der Waals surface area contributed by atoms with E-state index in [1.165, 1.54) is 0 Å². The summed E-state index contributed by atoms with van der Waals surface area (Å²) in [4.78, 5) is 14.4. The number of nitrogens with zero attached hydrogens (tertiary/aromatic N) is 2. The summed E-state index contributed by atoms with van der Waals surface area (Å²) in [5.41, 5.74) is 4.79. The zero-order chi connectivity index (χ0) is 14.8. The first-order valence-electron chi connectivity index (χ1n) is 7.04. The molecule has 0 aliphatic carbocycles. The van der Waals surface area contributed by atoms with Gasteiger partial charge in [0.05, 0.1) is 6.10 Å². The molecule has 0 spiro atoms. The van der Waals surface area contributed by atoms with Crippen LogP contribution in [0.4, 0.5) is 0 Å². The molecule has 2 aliphatic rings. The third kappa shape index (κ3) is 2.60. The Hall–Kier alpha value is -1.34. The van der Waals surface area contributed by atoms with Crippen molar-refractivity contribution in [3.63, 3.8) is 0 Å².